The molecule has 7 N–H and O–H groups in total. The van der Waals surface area contributed by atoms with Crippen molar-refractivity contribution in [3.63, 3.8) is 0 Å². The van der Waals surface area contributed by atoms with Crippen LogP contribution in [0.1, 0.15) is 58.8 Å². The van der Waals surface area contributed by atoms with E-state index in [0.717, 1.165) is 12.8 Å². The van der Waals surface area contributed by atoms with E-state index in [2.05, 4.69) is 10.6 Å². The molecule has 1 fully saturated rings. The lowest BCUT2D eigenvalue weighted by molar-refractivity contribution is -0.135. The maximum atomic E-state index is 12.6. The Morgan fingerprint density at radius 3 is 2.15 bits per heavy atom. The van der Waals surface area contributed by atoms with Crippen LogP contribution in [-0.4, -0.2) is 54.0 Å². The molecule has 0 aromatic heterocycles. The van der Waals surface area contributed by atoms with Crippen LogP contribution < -0.4 is 22.1 Å². The van der Waals surface area contributed by atoms with Crippen molar-refractivity contribution in [2.45, 2.75) is 77.0 Å². The summed E-state index contributed by atoms with van der Waals surface area (Å²) in [5.74, 6) is -1.08. The van der Waals surface area contributed by atoms with Crippen LogP contribution >= 0.6 is 0 Å². The number of aliphatic hydroxyl groups excluding tert-OH is 1. The summed E-state index contributed by atoms with van der Waals surface area (Å²) in [6, 6.07) is -1.98. The minimum atomic E-state index is -1.16. The third kappa shape index (κ3) is 7.56. The Labute approximate surface area is 161 Å². The Balaban J connectivity index is 2.71. The summed E-state index contributed by atoms with van der Waals surface area (Å²) in [6.07, 6.45) is 5.60. The van der Waals surface area contributed by atoms with Crippen LogP contribution in [0.15, 0.2) is 0 Å². The van der Waals surface area contributed by atoms with Gasteiger partial charge in [-0.05, 0) is 19.3 Å². The molecule has 0 saturated heterocycles. The predicted molar refractivity (Wildman–Crippen MR) is 104 cm³/mol. The summed E-state index contributed by atoms with van der Waals surface area (Å²) in [5.41, 5.74) is 11.3. The fourth-order valence-electron chi connectivity index (χ4n) is 3.59. The number of hydrogen-bond donors (Lipinski definition) is 5. The van der Waals surface area contributed by atoms with E-state index in [1.807, 2.05) is 0 Å². The van der Waals surface area contributed by atoms with Crippen molar-refractivity contribution >= 4 is 17.6 Å². The quantitative estimate of drug-likeness (QED) is 0.334. The first kappa shape index (κ1) is 23.5. The number of carbonyl (C=O) groups excluding carboxylic acids is 3. The molecular weight excluding hydrogens is 348 g/mol. The fourth-order valence-corrected chi connectivity index (χ4v) is 3.59. The van der Waals surface area contributed by atoms with E-state index in [9.17, 15) is 19.5 Å². The molecule has 0 aromatic carbocycles. The highest BCUT2D eigenvalue weighted by atomic mass is 16.3. The third-order valence-corrected chi connectivity index (χ3v) is 5.35. The van der Waals surface area contributed by atoms with Crippen molar-refractivity contribution in [3.8, 4) is 0 Å². The molecular formula is C19H36N4O4. The maximum Gasteiger partial charge on any atom is 0.245 e. The number of rotatable bonds is 11. The summed E-state index contributed by atoms with van der Waals surface area (Å²) in [7, 11) is 0. The Bertz CT molecular complexity index is 492. The van der Waals surface area contributed by atoms with E-state index < -0.39 is 30.0 Å². The highest BCUT2D eigenvalue weighted by Crippen LogP contribution is 2.29. The first-order valence-corrected chi connectivity index (χ1v) is 10.1. The van der Waals surface area contributed by atoms with E-state index in [1.165, 1.54) is 26.2 Å². The topological polar surface area (TPSA) is 148 Å². The number of aliphatic hydroxyl groups is 1. The highest BCUT2D eigenvalue weighted by Gasteiger charge is 2.31. The molecule has 1 saturated carbocycles. The lowest BCUT2D eigenvalue weighted by Crippen LogP contribution is -2.58. The second kappa shape index (κ2) is 12.0. The fraction of sp³-hybridized carbons (Fsp3) is 0.842. The third-order valence-electron chi connectivity index (χ3n) is 5.35. The van der Waals surface area contributed by atoms with Crippen molar-refractivity contribution in [1.82, 2.24) is 10.6 Å². The molecule has 0 bridgehead atoms. The van der Waals surface area contributed by atoms with Crippen LogP contribution in [0.2, 0.25) is 0 Å². The van der Waals surface area contributed by atoms with Crippen molar-refractivity contribution in [2.24, 2.45) is 23.3 Å². The molecule has 0 heterocycles. The van der Waals surface area contributed by atoms with Gasteiger partial charge in [0.2, 0.25) is 11.8 Å². The van der Waals surface area contributed by atoms with Gasteiger partial charge in [0.25, 0.3) is 0 Å². The van der Waals surface area contributed by atoms with Crippen LogP contribution in [-0.2, 0) is 14.4 Å². The van der Waals surface area contributed by atoms with Crippen molar-refractivity contribution < 1.29 is 19.5 Å². The second-order valence-corrected chi connectivity index (χ2v) is 7.52. The molecule has 1 aliphatic rings. The first-order chi connectivity index (χ1) is 12.8. The zero-order chi connectivity index (χ0) is 20.4. The summed E-state index contributed by atoms with van der Waals surface area (Å²) in [4.78, 5) is 36.9. The van der Waals surface area contributed by atoms with E-state index in [0.29, 0.717) is 12.3 Å². The van der Waals surface area contributed by atoms with Gasteiger partial charge in [0.05, 0.1) is 18.1 Å². The maximum absolute atomic E-state index is 12.6. The van der Waals surface area contributed by atoms with Crippen LogP contribution in [0.3, 0.4) is 0 Å². The minimum absolute atomic E-state index is 0.0357. The Hall–Kier alpha value is -1.51. The van der Waals surface area contributed by atoms with Gasteiger partial charge in [-0.2, -0.15) is 0 Å². The van der Waals surface area contributed by atoms with Gasteiger partial charge in [0, 0.05) is 19.5 Å². The number of amides is 2. The van der Waals surface area contributed by atoms with Crippen molar-refractivity contribution in [3.05, 3.63) is 0 Å². The number of ketones is 1. The lowest BCUT2D eigenvalue weighted by atomic mass is 9.82. The summed E-state index contributed by atoms with van der Waals surface area (Å²) in [6.45, 7) is 3.26. The van der Waals surface area contributed by atoms with Gasteiger partial charge in [0.15, 0.2) is 5.78 Å². The van der Waals surface area contributed by atoms with E-state index >= 15 is 0 Å². The van der Waals surface area contributed by atoms with Crippen molar-refractivity contribution in [2.75, 3.05) is 13.1 Å². The van der Waals surface area contributed by atoms with E-state index in [4.69, 9.17) is 11.5 Å². The smallest absolute Gasteiger partial charge is 0.245 e. The Kier molecular flexibility index (Phi) is 10.5. The molecule has 8 nitrogen and oxygen atoms in total. The Morgan fingerprint density at radius 1 is 1.04 bits per heavy atom. The van der Waals surface area contributed by atoms with Gasteiger partial charge >= 0.3 is 0 Å². The van der Waals surface area contributed by atoms with Gasteiger partial charge in [-0.1, -0.05) is 39.0 Å². The van der Waals surface area contributed by atoms with Gasteiger partial charge < -0.3 is 27.2 Å². The zero-order valence-corrected chi connectivity index (χ0v) is 16.6. The first-order valence-electron chi connectivity index (χ1n) is 10.1. The molecule has 1 aliphatic carbocycles. The molecule has 0 aliphatic heterocycles. The zero-order valence-electron chi connectivity index (χ0n) is 16.6. The van der Waals surface area contributed by atoms with Gasteiger partial charge in [-0.3, -0.25) is 14.4 Å². The molecule has 27 heavy (non-hydrogen) atoms. The molecule has 0 aromatic rings. The summed E-state index contributed by atoms with van der Waals surface area (Å²) >= 11 is 0. The van der Waals surface area contributed by atoms with Crippen LogP contribution in [0.25, 0.3) is 0 Å². The SMILES string of the molecule is CCC(=O)[C@H](CN)NC(=O)[C@@H](NC(=O)C(CN)CC1CCCCC1)C(C)O. The number of nitrogens with two attached hydrogens (primary N) is 2. The van der Waals surface area contributed by atoms with Crippen LogP contribution in [0.5, 0.6) is 0 Å². The van der Waals surface area contributed by atoms with E-state index in [-0.39, 0.29) is 31.2 Å². The molecule has 2 amide bonds. The Morgan fingerprint density at radius 2 is 1.67 bits per heavy atom. The predicted octanol–water partition coefficient (Wildman–Crippen LogP) is -0.180. The molecule has 8 heteroatoms. The molecule has 0 radical (unpaired) electrons. The number of Topliss-reactive ketones (excluding diaryl/α,β-unsaturated/α-hetero) is 1. The highest BCUT2D eigenvalue weighted by molar-refractivity contribution is 5.93. The van der Waals surface area contributed by atoms with Crippen molar-refractivity contribution in [1.29, 1.82) is 0 Å². The van der Waals surface area contributed by atoms with Gasteiger partial charge in [-0.15, -0.1) is 0 Å². The second-order valence-electron chi connectivity index (χ2n) is 7.52. The number of hydrogen-bond acceptors (Lipinski definition) is 6. The summed E-state index contributed by atoms with van der Waals surface area (Å²) < 4.78 is 0. The number of carbonyl (C=O) groups is 3. The average molecular weight is 385 g/mol. The standard InChI is InChI=1S/C19H36N4O4/c1-3-16(25)15(11-21)22-19(27)17(12(2)24)23-18(26)14(10-20)9-13-7-5-4-6-8-13/h12-15,17,24H,3-11,20-21H2,1-2H3,(H,22,27)(H,23,26)/t12?,14?,15-,17-/m0/s1. The molecule has 2 unspecified atom stereocenters. The molecule has 1 rings (SSSR count). The van der Waals surface area contributed by atoms with Crippen LogP contribution in [0.4, 0.5) is 0 Å². The monoisotopic (exact) mass is 384 g/mol. The average Bonchev–Trinajstić information content (AvgIpc) is 2.67. The van der Waals surface area contributed by atoms with Gasteiger partial charge in [-0.25, -0.2) is 0 Å². The van der Waals surface area contributed by atoms with E-state index in [1.54, 1.807) is 6.92 Å². The van der Waals surface area contributed by atoms with Gasteiger partial charge in [0.1, 0.15) is 6.04 Å². The minimum Gasteiger partial charge on any atom is -0.391 e. The summed E-state index contributed by atoms with van der Waals surface area (Å²) in [5, 5.41) is 15.1. The molecule has 0 spiro atoms. The number of nitrogens with one attached hydrogen (secondary N) is 2. The lowest BCUT2D eigenvalue weighted by Gasteiger charge is -2.28. The normalized spacial score (nSPS) is 19.6. The largest absolute Gasteiger partial charge is 0.391 e. The molecule has 156 valence electrons. The molecule has 4 atom stereocenters. The van der Waals surface area contributed by atoms with Crippen LogP contribution in [0, 0.1) is 11.8 Å².